The van der Waals surface area contributed by atoms with E-state index in [4.69, 9.17) is 4.74 Å². The lowest BCUT2D eigenvalue weighted by Crippen LogP contribution is -2.43. The van der Waals surface area contributed by atoms with Crippen LogP contribution in [-0.2, 0) is 22.4 Å². The number of hydrogen-bond donors (Lipinski definition) is 1. The average molecular weight is 374 g/mol. The van der Waals surface area contributed by atoms with Gasteiger partial charge in [-0.2, -0.15) is 0 Å². The molecule has 0 spiro atoms. The molecule has 1 aliphatic rings. The highest BCUT2D eigenvalue weighted by Crippen LogP contribution is 2.17. The Kier molecular flexibility index (Phi) is 6.77. The number of aryl methyl sites for hydroxylation is 2. The molecule has 140 valence electrons. The molecule has 1 unspecified atom stereocenters. The molecule has 3 rings (SSSR count). The second kappa shape index (κ2) is 9.26. The molecule has 1 amide bonds. The third-order valence-electron chi connectivity index (χ3n) is 4.63. The highest BCUT2D eigenvalue weighted by Gasteiger charge is 2.20. The summed E-state index contributed by atoms with van der Waals surface area (Å²) in [6.07, 6.45) is 1.25. The fourth-order valence-electron chi connectivity index (χ4n) is 3.05. The van der Waals surface area contributed by atoms with E-state index in [9.17, 15) is 4.79 Å². The van der Waals surface area contributed by atoms with E-state index < -0.39 is 0 Å². The van der Waals surface area contributed by atoms with Crippen molar-refractivity contribution in [1.29, 1.82) is 0 Å². The second-order valence-electron chi connectivity index (χ2n) is 6.71. The lowest BCUT2D eigenvalue weighted by Gasteiger charge is -2.31. The van der Waals surface area contributed by atoms with Crippen molar-refractivity contribution in [1.82, 2.24) is 15.2 Å². The Morgan fingerprint density at radius 3 is 2.69 bits per heavy atom. The number of carbonyl (C=O) groups excluding carboxylic acids is 1. The Morgan fingerprint density at radius 1 is 1.31 bits per heavy atom. The van der Waals surface area contributed by atoms with Crippen molar-refractivity contribution in [3.63, 3.8) is 0 Å². The molecule has 0 bridgehead atoms. The van der Waals surface area contributed by atoms with Crippen LogP contribution < -0.4 is 5.32 Å². The van der Waals surface area contributed by atoms with Gasteiger partial charge in [-0.15, -0.1) is 11.3 Å². The van der Waals surface area contributed by atoms with E-state index in [-0.39, 0.29) is 11.9 Å². The van der Waals surface area contributed by atoms with Crippen LogP contribution in [0.3, 0.4) is 0 Å². The molecule has 26 heavy (non-hydrogen) atoms. The summed E-state index contributed by atoms with van der Waals surface area (Å²) in [6, 6.07) is 8.40. The molecule has 0 saturated carbocycles. The van der Waals surface area contributed by atoms with Gasteiger partial charge in [0.05, 0.1) is 31.4 Å². The first kappa shape index (κ1) is 19.0. The number of thiazole rings is 1. The summed E-state index contributed by atoms with van der Waals surface area (Å²) in [6.45, 7) is 8.29. The third-order valence-corrected chi connectivity index (χ3v) is 5.53. The summed E-state index contributed by atoms with van der Waals surface area (Å²) in [4.78, 5) is 19.5. The van der Waals surface area contributed by atoms with Crippen LogP contribution in [0.2, 0.25) is 0 Å². The zero-order valence-corrected chi connectivity index (χ0v) is 16.3. The molecule has 1 N–H and O–H groups in total. The van der Waals surface area contributed by atoms with Gasteiger partial charge in [0, 0.05) is 25.0 Å². The van der Waals surface area contributed by atoms with Gasteiger partial charge >= 0.3 is 0 Å². The highest BCUT2D eigenvalue weighted by atomic mass is 32.1. The summed E-state index contributed by atoms with van der Waals surface area (Å²) in [7, 11) is 0. The molecule has 2 aromatic rings. The maximum absolute atomic E-state index is 12.6. The lowest BCUT2D eigenvalue weighted by atomic mass is 10.0. The number of benzene rings is 1. The van der Waals surface area contributed by atoms with Gasteiger partial charge in [0.2, 0.25) is 5.91 Å². The number of ether oxygens (including phenoxy) is 1. The fourth-order valence-corrected chi connectivity index (χ4v) is 3.93. The van der Waals surface area contributed by atoms with E-state index in [0.717, 1.165) is 55.5 Å². The van der Waals surface area contributed by atoms with Gasteiger partial charge < -0.3 is 10.1 Å². The molecule has 1 atom stereocenters. The zero-order chi connectivity index (χ0) is 18.4. The molecule has 1 aromatic carbocycles. The monoisotopic (exact) mass is 373 g/mol. The van der Waals surface area contributed by atoms with Crippen molar-refractivity contribution < 1.29 is 9.53 Å². The highest BCUT2D eigenvalue weighted by molar-refractivity contribution is 7.09. The molecule has 1 fully saturated rings. The molecule has 1 saturated heterocycles. The Balaban J connectivity index is 1.67. The minimum atomic E-state index is -0.0215. The summed E-state index contributed by atoms with van der Waals surface area (Å²) < 4.78 is 5.44. The Morgan fingerprint density at radius 2 is 2.04 bits per heavy atom. The van der Waals surface area contributed by atoms with Crippen molar-refractivity contribution in [3.8, 4) is 0 Å². The van der Waals surface area contributed by atoms with Crippen LogP contribution in [-0.4, -0.2) is 48.6 Å². The molecular formula is C20H27N3O2S. The topological polar surface area (TPSA) is 54.5 Å². The van der Waals surface area contributed by atoms with E-state index in [1.54, 1.807) is 11.3 Å². The quantitative estimate of drug-likeness (QED) is 0.811. The summed E-state index contributed by atoms with van der Waals surface area (Å²) in [5.74, 6) is 0.0286. The number of amides is 1. The van der Waals surface area contributed by atoms with Crippen LogP contribution >= 0.6 is 11.3 Å². The van der Waals surface area contributed by atoms with E-state index in [2.05, 4.69) is 53.3 Å². The van der Waals surface area contributed by atoms with E-state index in [1.165, 1.54) is 5.56 Å². The normalized spacial score (nSPS) is 16.4. The van der Waals surface area contributed by atoms with Gasteiger partial charge in [-0.25, -0.2) is 4.98 Å². The molecule has 0 radical (unpaired) electrons. The van der Waals surface area contributed by atoms with Crippen molar-refractivity contribution in [2.45, 2.75) is 32.7 Å². The van der Waals surface area contributed by atoms with Crippen molar-refractivity contribution in [2.24, 2.45) is 0 Å². The standard InChI is InChI=1S/C20H27N3O2S/c1-3-17-14-26-20(21-17)12-19(24)22-18(13-23-8-10-25-11-9-23)16-6-4-15(2)5-7-16/h4-7,14,18H,3,8-13H2,1-2H3,(H,22,24). The molecule has 1 aliphatic heterocycles. The first-order valence-corrected chi connectivity index (χ1v) is 10.1. The number of hydrogen-bond acceptors (Lipinski definition) is 5. The van der Waals surface area contributed by atoms with Gasteiger partial charge in [0.25, 0.3) is 0 Å². The van der Waals surface area contributed by atoms with Gasteiger partial charge in [-0.3, -0.25) is 9.69 Å². The molecule has 1 aromatic heterocycles. The summed E-state index contributed by atoms with van der Waals surface area (Å²) in [5.41, 5.74) is 3.42. The molecule has 2 heterocycles. The number of carbonyl (C=O) groups is 1. The molecule has 5 nitrogen and oxygen atoms in total. The number of nitrogens with one attached hydrogen (secondary N) is 1. The van der Waals surface area contributed by atoms with Crippen molar-refractivity contribution in [2.75, 3.05) is 32.8 Å². The van der Waals surface area contributed by atoms with Crippen LogP contribution in [0.5, 0.6) is 0 Å². The van der Waals surface area contributed by atoms with Gasteiger partial charge in [0.15, 0.2) is 0 Å². The third kappa shape index (κ3) is 5.37. The van der Waals surface area contributed by atoms with E-state index in [1.807, 2.05) is 5.38 Å². The lowest BCUT2D eigenvalue weighted by molar-refractivity contribution is -0.121. The Hall–Kier alpha value is -1.76. The minimum Gasteiger partial charge on any atom is -0.379 e. The van der Waals surface area contributed by atoms with Crippen LogP contribution in [0.4, 0.5) is 0 Å². The average Bonchev–Trinajstić information content (AvgIpc) is 3.10. The van der Waals surface area contributed by atoms with Crippen LogP contribution in [0.15, 0.2) is 29.6 Å². The predicted octanol–water partition coefficient (Wildman–Crippen LogP) is 2.75. The van der Waals surface area contributed by atoms with Crippen LogP contribution in [0, 0.1) is 6.92 Å². The number of morpholine rings is 1. The van der Waals surface area contributed by atoms with Crippen LogP contribution in [0.25, 0.3) is 0 Å². The number of aromatic nitrogens is 1. The fraction of sp³-hybridized carbons (Fsp3) is 0.500. The maximum atomic E-state index is 12.6. The number of rotatable bonds is 7. The summed E-state index contributed by atoms with van der Waals surface area (Å²) in [5, 5.41) is 6.14. The molecule has 6 heteroatoms. The maximum Gasteiger partial charge on any atom is 0.227 e. The van der Waals surface area contributed by atoms with Gasteiger partial charge in [0.1, 0.15) is 5.01 Å². The SMILES string of the molecule is CCc1csc(CC(=O)NC(CN2CCOCC2)c2ccc(C)cc2)n1. The van der Waals surface area contributed by atoms with Gasteiger partial charge in [-0.05, 0) is 18.9 Å². The van der Waals surface area contributed by atoms with Crippen LogP contribution in [0.1, 0.15) is 34.8 Å². The Labute approximate surface area is 159 Å². The molecule has 0 aliphatic carbocycles. The first-order valence-electron chi connectivity index (χ1n) is 9.23. The second-order valence-corrected chi connectivity index (χ2v) is 7.65. The Bertz CT molecular complexity index is 708. The molecular weight excluding hydrogens is 346 g/mol. The van der Waals surface area contributed by atoms with Crippen molar-refractivity contribution in [3.05, 3.63) is 51.5 Å². The largest absolute Gasteiger partial charge is 0.379 e. The van der Waals surface area contributed by atoms with E-state index >= 15 is 0 Å². The zero-order valence-electron chi connectivity index (χ0n) is 15.5. The predicted molar refractivity (Wildman–Crippen MR) is 105 cm³/mol. The van der Waals surface area contributed by atoms with Crippen molar-refractivity contribution >= 4 is 17.2 Å². The smallest absolute Gasteiger partial charge is 0.227 e. The number of nitrogens with zero attached hydrogens (tertiary/aromatic N) is 2. The van der Waals surface area contributed by atoms with Gasteiger partial charge in [-0.1, -0.05) is 36.8 Å². The minimum absolute atomic E-state index is 0.0215. The first-order chi connectivity index (χ1) is 12.6. The van der Waals surface area contributed by atoms with E-state index in [0.29, 0.717) is 6.42 Å². The summed E-state index contributed by atoms with van der Waals surface area (Å²) >= 11 is 1.56.